The van der Waals surface area contributed by atoms with Gasteiger partial charge in [-0.3, -0.25) is 15.1 Å². The smallest absolute Gasteiger partial charge is 0.324 e. The maximum atomic E-state index is 12.9. The van der Waals surface area contributed by atoms with Gasteiger partial charge in [0.1, 0.15) is 28.5 Å². The second-order valence-corrected chi connectivity index (χ2v) is 9.74. The van der Waals surface area contributed by atoms with Gasteiger partial charge >= 0.3 is 6.03 Å². The summed E-state index contributed by atoms with van der Waals surface area (Å²) in [5, 5.41) is 13.0. The van der Waals surface area contributed by atoms with Gasteiger partial charge in [0.2, 0.25) is 0 Å². The number of nitrogens with one attached hydrogen (secondary N) is 3. The first kappa shape index (κ1) is 25.5. The molecule has 0 aliphatic carbocycles. The molecule has 0 radical (unpaired) electrons. The lowest BCUT2D eigenvalue weighted by Gasteiger charge is -2.14. The van der Waals surface area contributed by atoms with Crippen LogP contribution in [0.3, 0.4) is 0 Å². The number of aromatic nitrogens is 4. The number of urea groups is 1. The molecule has 0 saturated carbocycles. The van der Waals surface area contributed by atoms with Gasteiger partial charge in [-0.05, 0) is 48.5 Å². The molecule has 2 aromatic carbocycles. The van der Waals surface area contributed by atoms with Crippen LogP contribution in [0.1, 0.15) is 37.0 Å². The minimum atomic E-state index is -0.433. The van der Waals surface area contributed by atoms with E-state index in [0.717, 1.165) is 11.4 Å². The Kier molecular flexibility index (Phi) is 6.72. The Labute approximate surface area is 224 Å². The number of hydrogen-bond donors (Lipinski definition) is 3. The fraction of sp³-hybridized carbons (Fsp3) is 0.179. The van der Waals surface area contributed by atoms with E-state index < -0.39 is 6.03 Å². The predicted molar refractivity (Wildman–Crippen MR) is 147 cm³/mol. The van der Waals surface area contributed by atoms with Gasteiger partial charge < -0.3 is 19.8 Å². The quantitative estimate of drug-likeness (QED) is 0.266. The number of amides is 3. The number of carbonyl (C=O) groups is 2. The summed E-state index contributed by atoms with van der Waals surface area (Å²) in [4.78, 5) is 33.0. The number of rotatable bonds is 6. The zero-order valence-corrected chi connectivity index (χ0v) is 21.9. The molecule has 0 spiro atoms. The highest BCUT2D eigenvalue weighted by Gasteiger charge is 2.22. The summed E-state index contributed by atoms with van der Waals surface area (Å²) in [6, 6.07) is 17.0. The number of hydrogen-bond acceptors (Lipinski definition) is 7. The molecule has 0 saturated heterocycles. The first-order chi connectivity index (χ1) is 18.7. The minimum absolute atomic E-state index is 0.234. The van der Waals surface area contributed by atoms with E-state index in [2.05, 4.69) is 46.7 Å². The van der Waals surface area contributed by atoms with Crippen molar-refractivity contribution in [1.82, 2.24) is 25.1 Å². The van der Waals surface area contributed by atoms with E-state index in [1.807, 2.05) is 24.3 Å². The second kappa shape index (κ2) is 10.3. The maximum absolute atomic E-state index is 12.9. The summed E-state index contributed by atoms with van der Waals surface area (Å²) in [5.41, 5.74) is 3.48. The zero-order chi connectivity index (χ0) is 27.6. The van der Waals surface area contributed by atoms with Crippen molar-refractivity contribution in [3.8, 4) is 17.2 Å². The lowest BCUT2D eigenvalue weighted by Crippen LogP contribution is -2.21. The number of oxazole rings is 1. The molecule has 3 heterocycles. The number of fused-ring (bicyclic) bond motifs is 1. The SMILES string of the molecule is CNC(=O)c1cc(Oc2ccc(NC(=O)Nc3cc(C(C)(C)C)nn3-c3ccc4ocnc4c3)cc2)ccn1. The molecule has 39 heavy (non-hydrogen) atoms. The van der Waals surface area contributed by atoms with Crippen molar-refractivity contribution in [2.45, 2.75) is 26.2 Å². The first-order valence-electron chi connectivity index (χ1n) is 12.2. The molecule has 0 bridgehead atoms. The topological polar surface area (TPSA) is 136 Å². The fourth-order valence-corrected chi connectivity index (χ4v) is 3.76. The number of anilines is 2. The van der Waals surface area contributed by atoms with Gasteiger partial charge in [0, 0.05) is 36.5 Å². The molecule has 0 fully saturated rings. The van der Waals surface area contributed by atoms with Crippen LogP contribution in [0, 0.1) is 0 Å². The van der Waals surface area contributed by atoms with Crippen LogP contribution in [0.5, 0.6) is 11.5 Å². The van der Waals surface area contributed by atoms with Crippen molar-refractivity contribution < 1.29 is 18.7 Å². The number of pyridine rings is 1. The number of ether oxygens (including phenoxy) is 1. The van der Waals surface area contributed by atoms with E-state index in [1.54, 1.807) is 41.1 Å². The summed E-state index contributed by atoms with van der Waals surface area (Å²) in [7, 11) is 1.54. The molecule has 0 aliphatic heterocycles. The van der Waals surface area contributed by atoms with Gasteiger partial charge in [-0.15, -0.1) is 0 Å². The molecule has 11 nitrogen and oxygen atoms in total. The number of carbonyl (C=O) groups excluding carboxylic acids is 2. The Morgan fingerprint density at radius 2 is 1.72 bits per heavy atom. The molecule has 3 aromatic heterocycles. The maximum Gasteiger partial charge on any atom is 0.324 e. The average molecular weight is 526 g/mol. The predicted octanol–water partition coefficient (Wildman–Crippen LogP) is 5.50. The van der Waals surface area contributed by atoms with Crippen LogP contribution in [-0.4, -0.2) is 38.7 Å². The molecule has 3 N–H and O–H groups in total. The third-order valence-corrected chi connectivity index (χ3v) is 5.82. The van der Waals surface area contributed by atoms with E-state index in [1.165, 1.54) is 19.6 Å². The first-order valence-corrected chi connectivity index (χ1v) is 12.2. The van der Waals surface area contributed by atoms with Crippen molar-refractivity contribution >= 4 is 34.5 Å². The van der Waals surface area contributed by atoms with E-state index >= 15 is 0 Å². The Morgan fingerprint density at radius 3 is 2.46 bits per heavy atom. The van der Waals surface area contributed by atoms with E-state index in [9.17, 15) is 9.59 Å². The lowest BCUT2D eigenvalue weighted by atomic mass is 9.92. The van der Waals surface area contributed by atoms with Gasteiger partial charge in [0.25, 0.3) is 5.91 Å². The molecule has 11 heteroatoms. The fourth-order valence-electron chi connectivity index (χ4n) is 3.76. The third kappa shape index (κ3) is 5.72. The van der Waals surface area contributed by atoms with Crippen LogP contribution in [0.25, 0.3) is 16.8 Å². The largest absolute Gasteiger partial charge is 0.457 e. The Bertz CT molecular complexity index is 1650. The number of benzene rings is 2. The van der Waals surface area contributed by atoms with Crippen molar-refractivity contribution in [2.75, 3.05) is 17.7 Å². The van der Waals surface area contributed by atoms with Crippen molar-refractivity contribution in [3.05, 3.63) is 84.6 Å². The van der Waals surface area contributed by atoms with Crippen LogP contribution in [0.4, 0.5) is 16.3 Å². The monoisotopic (exact) mass is 525 g/mol. The van der Waals surface area contributed by atoms with Gasteiger partial charge in [-0.2, -0.15) is 5.10 Å². The minimum Gasteiger partial charge on any atom is -0.457 e. The van der Waals surface area contributed by atoms with Crippen molar-refractivity contribution in [3.63, 3.8) is 0 Å². The highest BCUT2D eigenvalue weighted by molar-refractivity contribution is 5.99. The molecule has 198 valence electrons. The Balaban J connectivity index is 1.30. The van der Waals surface area contributed by atoms with E-state index in [0.29, 0.717) is 34.1 Å². The molecular weight excluding hydrogens is 498 g/mol. The lowest BCUT2D eigenvalue weighted by molar-refractivity contribution is 0.0957. The standard InChI is InChI=1S/C28H27N7O4/c1-28(2,3)24-15-25(35(34-24)18-7-10-23-21(13-18)31-16-38-23)33-27(37)32-17-5-8-19(9-6-17)39-20-11-12-30-22(14-20)26(36)29-4/h5-16H,1-4H3,(H,29,36)(H2,32,33,37). The molecular formula is C28H27N7O4. The van der Waals surface area contributed by atoms with Gasteiger partial charge in [0.05, 0.1) is 11.4 Å². The summed E-state index contributed by atoms with van der Waals surface area (Å²) in [5.74, 6) is 1.20. The summed E-state index contributed by atoms with van der Waals surface area (Å²) in [6.45, 7) is 6.16. The zero-order valence-electron chi connectivity index (χ0n) is 21.9. The highest BCUT2D eigenvalue weighted by atomic mass is 16.5. The van der Waals surface area contributed by atoms with Crippen LogP contribution in [0.2, 0.25) is 0 Å². The second-order valence-electron chi connectivity index (χ2n) is 9.74. The summed E-state index contributed by atoms with van der Waals surface area (Å²) in [6.07, 6.45) is 2.89. The van der Waals surface area contributed by atoms with Gasteiger partial charge in [-0.1, -0.05) is 20.8 Å². The van der Waals surface area contributed by atoms with Crippen LogP contribution < -0.4 is 20.7 Å². The highest BCUT2D eigenvalue weighted by Crippen LogP contribution is 2.28. The van der Waals surface area contributed by atoms with E-state index in [4.69, 9.17) is 14.3 Å². The van der Waals surface area contributed by atoms with Crippen molar-refractivity contribution in [1.29, 1.82) is 0 Å². The van der Waals surface area contributed by atoms with Gasteiger partial charge in [-0.25, -0.2) is 14.5 Å². The average Bonchev–Trinajstić information content (AvgIpc) is 3.56. The van der Waals surface area contributed by atoms with Crippen LogP contribution in [-0.2, 0) is 5.41 Å². The Morgan fingerprint density at radius 1 is 0.923 bits per heavy atom. The Hall–Kier alpha value is -5.19. The van der Waals surface area contributed by atoms with Crippen LogP contribution >= 0.6 is 0 Å². The molecule has 0 atom stereocenters. The molecule has 0 aliphatic rings. The number of nitrogens with zero attached hydrogens (tertiary/aromatic N) is 4. The summed E-state index contributed by atoms with van der Waals surface area (Å²) < 4.78 is 12.8. The molecule has 5 aromatic rings. The summed E-state index contributed by atoms with van der Waals surface area (Å²) >= 11 is 0. The third-order valence-electron chi connectivity index (χ3n) is 5.82. The van der Waals surface area contributed by atoms with Crippen molar-refractivity contribution in [2.24, 2.45) is 0 Å². The molecule has 3 amide bonds. The van der Waals surface area contributed by atoms with E-state index in [-0.39, 0.29) is 17.0 Å². The normalized spacial score (nSPS) is 11.3. The molecule has 0 unspecified atom stereocenters. The van der Waals surface area contributed by atoms with Crippen LogP contribution in [0.15, 0.2) is 77.7 Å². The van der Waals surface area contributed by atoms with Gasteiger partial charge in [0.15, 0.2) is 12.0 Å². The molecule has 5 rings (SSSR count).